The summed E-state index contributed by atoms with van der Waals surface area (Å²) in [4.78, 5) is 22.1. The second kappa shape index (κ2) is 8.91. The smallest absolute Gasteiger partial charge is 0.355 e. The van der Waals surface area contributed by atoms with Crippen LogP contribution in [0.3, 0.4) is 0 Å². The van der Waals surface area contributed by atoms with Gasteiger partial charge in [0.2, 0.25) is 0 Å². The van der Waals surface area contributed by atoms with Crippen LogP contribution in [0.25, 0.3) is 0 Å². The third kappa shape index (κ3) is 6.41. The summed E-state index contributed by atoms with van der Waals surface area (Å²) in [6.45, 7) is -0.0511. The predicted octanol–water partition coefficient (Wildman–Crippen LogP) is 1.45. The van der Waals surface area contributed by atoms with Gasteiger partial charge in [-0.25, -0.2) is 9.59 Å². The molecule has 16 heavy (non-hydrogen) atoms. The fraction of sp³-hybridized carbons (Fsp3) is 0.500. The van der Waals surface area contributed by atoms with Crippen molar-refractivity contribution in [3.63, 3.8) is 0 Å². The van der Waals surface area contributed by atoms with Gasteiger partial charge in [-0.15, -0.1) is 23.5 Å². The number of thioether (sulfide) groups is 2. The summed E-state index contributed by atoms with van der Waals surface area (Å²) in [5.74, 6) is -1.16. The molecule has 0 bridgehead atoms. The molecule has 4 nitrogen and oxygen atoms in total. The zero-order valence-corrected chi connectivity index (χ0v) is 11.9. The molecule has 0 unspecified atom stereocenters. The molecule has 0 aliphatic heterocycles. The zero-order chi connectivity index (χ0) is 12.6. The minimum Gasteiger partial charge on any atom is -0.457 e. The van der Waals surface area contributed by atoms with E-state index in [1.54, 1.807) is 12.5 Å². The highest BCUT2D eigenvalue weighted by Crippen LogP contribution is 2.01. The quantitative estimate of drug-likeness (QED) is 0.441. The van der Waals surface area contributed by atoms with Gasteiger partial charge in [0.05, 0.1) is 0 Å². The fourth-order valence-electron chi connectivity index (χ4n) is 0.553. The van der Waals surface area contributed by atoms with Crippen molar-refractivity contribution in [1.29, 1.82) is 0 Å². The van der Waals surface area contributed by atoms with Crippen molar-refractivity contribution < 1.29 is 19.1 Å². The first-order valence-corrected chi connectivity index (χ1v) is 7.29. The van der Waals surface area contributed by atoms with Gasteiger partial charge in [0.25, 0.3) is 0 Å². The van der Waals surface area contributed by atoms with Gasteiger partial charge in [0.15, 0.2) is 8.39 Å². The van der Waals surface area contributed by atoms with E-state index in [0.29, 0.717) is 0 Å². The van der Waals surface area contributed by atoms with Crippen LogP contribution in [0.2, 0.25) is 0 Å². The van der Waals surface area contributed by atoms with Crippen LogP contribution in [-0.4, -0.2) is 46.1 Å². The maximum absolute atomic E-state index is 11.1. The van der Waals surface area contributed by atoms with Crippen molar-refractivity contribution >= 4 is 68.3 Å². The molecule has 90 valence electrons. The van der Waals surface area contributed by atoms with E-state index < -0.39 is 11.9 Å². The van der Waals surface area contributed by atoms with E-state index in [2.05, 4.69) is 0 Å². The van der Waals surface area contributed by atoms with Crippen molar-refractivity contribution in [3.8, 4) is 0 Å². The lowest BCUT2D eigenvalue weighted by Gasteiger charge is -2.05. The Bertz CT molecular complexity index is 272. The van der Waals surface area contributed by atoms with Gasteiger partial charge in [0, 0.05) is 0 Å². The van der Waals surface area contributed by atoms with E-state index in [1.807, 2.05) is 0 Å². The minimum absolute atomic E-state index is 0.0255. The third-order valence-corrected chi connectivity index (χ3v) is 3.66. The van der Waals surface area contributed by atoms with Crippen LogP contribution in [0.4, 0.5) is 0 Å². The molecular formula is C8H10O4S4. The molecule has 0 N–H and O–H groups in total. The number of esters is 2. The highest BCUT2D eigenvalue weighted by molar-refractivity contribution is 8.25. The van der Waals surface area contributed by atoms with Gasteiger partial charge >= 0.3 is 11.9 Å². The summed E-state index contributed by atoms with van der Waals surface area (Å²) < 4.78 is 9.75. The number of hydrogen-bond donors (Lipinski definition) is 0. The van der Waals surface area contributed by atoms with Gasteiger partial charge in [-0.1, -0.05) is 24.4 Å². The Balaban J connectivity index is 3.69. The maximum atomic E-state index is 11.1. The monoisotopic (exact) mass is 298 g/mol. The molecule has 0 radical (unpaired) electrons. The second-order valence-electron chi connectivity index (χ2n) is 2.26. The normalized spacial score (nSPS) is 9.38. The lowest BCUT2D eigenvalue weighted by molar-refractivity contribution is -0.143. The Kier molecular flexibility index (Phi) is 8.81. The number of carbonyl (C=O) groups excluding carboxylic acids is 2. The summed E-state index contributed by atoms with van der Waals surface area (Å²) >= 11 is 11.7. The number of hydrogen-bond acceptors (Lipinski definition) is 8. The van der Waals surface area contributed by atoms with Crippen molar-refractivity contribution in [2.75, 3.05) is 25.7 Å². The number of ether oxygens (including phenoxy) is 2. The Morgan fingerprint density at radius 3 is 1.50 bits per heavy atom. The Morgan fingerprint density at radius 2 is 1.25 bits per heavy atom. The zero-order valence-electron chi connectivity index (χ0n) is 8.68. The molecule has 0 rings (SSSR count). The van der Waals surface area contributed by atoms with E-state index in [9.17, 15) is 9.59 Å². The van der Waals surface area contributed by atoms with Gasteiger partial charge < -0.3 is 9.47 Å². The third-order valence-electron chi connectivity index (χ3n) is 1.25. The van der Waals surface area contributed by atoms with Crippen LogP contribution < -0.4 is 0 Å². The minimum atomic E-state index is -0.578. The van der Waals surface area contributed by atoms with Crippen LogP contribution in [0.5, 0.6) is 0 Å². The van der Waals surface area contributed by atoms with Crippen molar-refractivity contribution in [3.05, 3.63) is 0 Å². The molecule has 0 atom stereocenters. The summed E-state index contributed by atoms with van der Waals surface area (Å²) in [7, 11) is 0. The van der Waals surface area contributed by atoms with Gasteiger partial charge in [-0.3, -0.25) is 0 Å². The van der Waals surface area contributed by atoms with E-state index in [4.69, 9.17) is 33.9 Å². The molecule has 0 aromatic rings. The van der Waals surface area contributed by atoms with Crippen molar-refractivity contribution in [2.24, 2.45) is 0 Å². The topological polar surface area (TPSA) is 52.6 Å². The van der Waals surface area contributed by atoms with E-state index >= 15 is 0 Å². The van der Waals surface area contributed by atoms with Crippen LogP contribution >= 0.6 is 48.0 Å². The molecule has 8 heteroatoms. The van der Waals surface area contributed by atoms with E-state index in [-0.39, 0.29) is 21.6 Å². The summed E-state index contributed by atoms with van der Waals surface area (Å²) in [5, 5.41) is 0. The average Bonchev–Trinajstić information content (AvgIpc) is 2.31. The van der Waals surface area contributed by atoms with Crippen LogP contribution in [0.1, 0.15) is 0 Å². The van der Waals surface area contributed by atoms with Crippen LogP contribution in [0, 0.1) is 0 Å². The second-order valence-corrected chi connectivity index (χ2v) is 5.22. The molecule has 0 aromatic carbocycles. The highest BCUT2D eigenvalue weighted by Gasteiger charge is 2.11. The average molecular weight is 298 g/mol. The molecule has 0 spiro atoms. The molecule has 0 saturated carbocycles. The maximum Gasteiger partial charge on any atom is 0.355 e. The molecule has 0 heterocycles. The molecule has 0 aliphatic rings. The van der Waals surface area contributed by atoms with E-state index in [1.165, 1.54) is 0 Å². The SMILES string of the molecule is CSC(=S)C(=O)OCCOC(=O)C(=S)SC. The first kappa shape index (κ1) is 15.8. The fourth-order valence-corrected chi connectivity index (χ4v) is 1.12. The summed E-state index contributed by atoms with van der Waals surface area (Å²) in [6.07, 6.45) is 3.36. The van der Waals surface area contributed by atoms with Crippen LogP contribution in [0.15, 0.2) is 0 Å². The number of thiocarbonyl (C=S) groups is 2. The Hall–Kier alpha value is -0.180. The lowest BCUT2D eigenvalue weighted by Crippen LogP contribution is -2.19. The van der Waals surface area contributed by atoms with E-state index in [0.717, 1.165) is 23.5 Å². The molecule has 0 aromatic heterocycles. The van der Waals surface area contributed by atoms with Crippen molar-refractivity contribution in [2.45, 2.75) is 0 Å². The first-order chi connectivity index (χ1) is 7.52. The number of carbonyl (C=O) groups is 2. The first-order valence-electron chi connectivity index (χ1n) is 4.03. The molecule has 0 fully saturated rings. The van der Waals surface area contributed by atoms with Crippen molar-refractivity contribution in [1.82, 2.24) is 0 Å². The molecule has 0 aliphatic carbocycles. The Morgan fingerprint density at radius 1 is 0.938 bits per heavy atom. The van der Waals surface area contributed by atoms with Gasteiger partial charge in [-0.05, 0) is 12.5 Å². The molecular weight excluding hydrogens is 288 g/mol. The van der Waals surface area contributed by atoms with Crippen LogP contribution in [-0.2, 0) is 19.1 Å². The van der Waals surface area contributed by atoms with Gasteiger partial charge in [0.1, 0.15) is 13.2 Å². The summed E-state index contributed by atoms with van der Waals surface area (Å²) in [6, 6.07) is 0. The molecule has 0 amide bonds. The number of rotatable bonds is 3. The lowest BCUT2D eigenvalue weighted by atomic mass is 10.7. The Labute approximate surface area is 113 Å². The predicted molar refractivity (Wildman–Crippen MR) is 74.1 cm³/mol. The molecule has 0 saturated heterocycles. The summed E-state index contributed by atoms with van der Waals surface area (Å²) in [5.41, 5.74) is 0. The largest absolute Gasteiger partial charge is 0.457 e. The standard InChI is InChI=1S/C8H10O4S4/c1-15-7(13)5(9)11-3-4-12-6(10)8(14)16-2/h3-4H2,1-2H3. The van der Waals surface area contributed by atoms with Gasteiger partial charge in [-0.2, -0.15) is 0 Å². The highest BCUT2D eigenvalue weighted by atomic mass is 32.2.